The highest BCUT2D eigenvalue weighted by atomic mass is 19.3. The molecule has 0 saturated heterocycles. The first kappa shape index (κ1) is 20.5. The molecule has 0 radical (unpaired) electrons. The molecule has 2 aromatic heterocycles. The Labute approximate surface area is 182 Å². The van der Waals surface area contributed by atoms with Gasteiger partial charge in [0, 0.05) is 54.6 Å². The summed E-state index contributed by atoms with van der Waals surface area (Å²) >= 11 is 0. The number of carbonyl (C=O) groups is 1. The van der Waals surface area contributed by atoms with Crippen molar-refractivity contribution >= 4 is 11.6 Å². The van der Waals surface area contributed by atoms with Crippen molar-refractivity contribution in [3.8, 4) is 16.8 Å². The van der Waals surface area contributed by atoms with Crippen molar-refractivity contribution in [3.63, 3.8) is 0 Å². The van der Waals surface area contributed by atoms with Crippen LogP contribution < -0.4 is 10.6 Å². The third-order valence-electron chi connectivity index (χ3n) is 5.80. The summed E-state index contributed by atoms with van der Waals surface area (Å²) in [5.41, 5.74) is 3.40. The van der Waals surface area contributed by atoms with Crippen molar-refractivity contribution < 1.29 is 18.0 Å². The van der Waals surface area contributed by atoms with Gasteiger partial charge in [-0.15, -0.1) is 0 Å². The Morgan fingerprint density at radius 2 is 1.88 bits per heavy atom. The van der Waals surface area contributed by atoms with Crippen LogP contribution in [0.5, 0.6) is 0 Å². The number of alkyl halides is 2. The second kappa shape index (κ2) is 7.65. The highest BCUT2D eigenvalue weighted by molar-refractivity contribution is 5.95. The number of benzene rings is 1. The van der Waals surface area contributed by atoms with E-state index in [0.717, 1.165) is 24.0 Å². The van der Waals surface area contributed by atoms with Gasteiger partial charge in [-0.05, 0) is 43.5 Å². The van der Waals surface area contributed by atoms with E-state index in [9.17, 15) is 18.0 Å². The van der Waals surface area contributed by atoms with Crippen LogP contribution in [0.4, 0.5) is 18.9 Å². The van der Waals surface area contributed by atoms with Crippen LogP contribution in [-0.2, 0) is 0 Å². The van der Waals surface area contributed by atoms with Gasteiger partial charge in [-0.2, -0.15) is 5.10 Å². The average Bonchev–Trinajstić information content (AvgIpc) is 3.39. The number of rotatable bonds is 6. The summed E-state index contributed by atoms with van der Waals surface area (Å²) in [4.78, 5) is 16.6. The van der Waals surface area contributed by atoms with Crippen LogP contribution >= 0.6 is 0 Å². The molecule has 0 aliphatic heterocycles. The number of carbonyl (C=O) groups excluding carboxylic acids is 1. The fourth-order valence-corrected chi connectivity index (χ4v) is 3.85. The molecule has 2 N–H and O–H groups in total. The topological polar surface area (TPSA) is 71.8 Å². The van der Waals surface area contributed by atoms with Gasteiger partial charge in [-0.25, -0.2) is 17.9 Å². The highest BCUT2D eigenvalue weighted by Gasteiger charge is 2.45. The number of aromatic nitrogens is 3. The summed E-state index contributed by atoms with van der Waals surface area (Å²) < 4.78 is 42.2. The van der Waals surface area contributed by atoms with Crippen LogP contribution in [0.3, 0.4) is 0 Å². The molecule has 2 aliphatic carbocycles. The molecule has 3 aromatic rings. The van der Waals surface area contributed by atoms with Gasteiger partial charge in [0.1, 0.15) is 5.82 Å². The van der Waals surface area contributed by atoms with E-state index in [0.29, 0.717) is 16.9 Å². The lowest BCUT2D eigenvalue weighted by Crippen LogP contribution is -2.44. The van der Waals surface area contributed by atoms with Gasteiger partial charge in [-0.1, -0.05) is 0 Å². The lowest BCUT2D eigenvalue weighted by atomic mass is 9.88. The predicted octanol–water partition coefficient (Wildman–Crippen LogP) is 4.48. The molecule has 5 rings (SSSR count). The number of nitrogens with zero attached hydrogens (tertiary/aromatic N) is 3. The molecule has 32 heavy (non-hydrogen) atoms. The normalized spacial score (nSPS) is 17.6. The first-order valence-electron chi connectivity index (χ1n) is 10.5. The molecular weight excluding hydrogens is 419 g/mol. The molecule has 1 aromatic carbocycles. The Kier molecular flexibility index (Phi) is 4.91. The van der Waals surface area contributed by atoms with Crippen molar-refractivity contribution in [3.05, 3.63) is 59.9 Å². The molecule has 0 atom stereocenters. The molecule has 2 fully saturated rings. The Balaban J connectivity index is 1.38. The predicted molar refractivity (Wildman–Crippen MR) is 114 cm³/mol. The first-order valence-corrected chi connectivity index (χ1v) is 10.5. The number of aryl methyl sites for hydroxylation is 1. The number of hydrogen-bond donors (Lipinski definition) is 2. The van der Waals surface area contributed by atoms with Gasteiger partial charge in [0.15, 0.2) is 0 Å². The molecule has 2 saturated carbocycles. The lowest BCUT2D eigenvalue weighted by molar-refractivity contribution is -0.0793. The van der Waals surface area contributed by atoms with E-state index in [-0.39, 0.29) is 30.5 Å². The summed E-state index contributed by atoms with van der Waals surface area (Å²) in [6, 6.07) is 4.52. The first-order chi connectivity index (χ1) is 15.3. The van der Waals surface area contributed by atoms with Gasteiger partial charge in [0.2, 0.25) is 0 Å². The standard InChI is InChI=1S/C23H22F3N5O/c1-13-4-20(24)19(22(32)30-16-2-3-16)6-21(13)31-12-15(10-28-31)14-5-17(11-27-9-14)29-18-7-23(25,26)8-18/h4-6,9-12,16,18,29H,2-3,7-8H2,1H3,(H,30,32). The van der Waals surface area contributed by atoms with Crippen molar-refractivity contribution in [2.24, 2.45) is 0 Å². The van der Waals surface area contributed by atoms with Gasteiger partial charge in [0.25, 0.3) is 11.8 Å². The van der Waals surface area contributed by atoms with Crippen molar-refractivity contribution in [2.75, 3.05) is 5.32 Å². The average molecular weight is 441 g/mol. The van der Waals surface area contributed by atoms with Crippen LogP contribution in [0.25, 0.3) is 16.8 Å². The minimum absolute atomic E-state index is 0.0142. The fourth-order valence-electron chi connectivity index (χ4n) is 3.85. The largest absolute Gasteiger partial charge is 0.381 e. The van der Waals surface area contributed by atoms with Crippen LogP contribution in [-0.4, -0.2) is 38.7 Å². The zero-order valence-electron chi connectivity index (χ0n) is 17.4. The molecule has 2 aliphatic rings. The summed E-state index contributed by atoms with van der Waals surface area (Å²) in [5.74, 6) is -3.59. The fraction of sp³-hybridized carbons (Fsp3) is 0.348. The van der Waals surface area contributed by atoms with Crippen molar-refractivity contribution in [1.82, 2.24) is 20.1 Å². The molecule has 2 heterocycles. The second-order valence-electron chi connectivity index (χ2n) is 8.61. The zero-order valence-corrected chi connectivity index (χ0v) is 17.4. The molecule has 0 bridgehead atoms. The molecule has 166 valence electrons. The Morgan fingerprint density at radius 3 is 2.59 bits per heavy atom. The van der Waals surface area contributed by atoms with Crippen LogP contribution in [0.15, 0.2) is 43.0 Å². The monoisotopic (exact) mass is 441 g/mol. The maximum Gasteiger partial charge on any atom is 0.254 e. The minimum atomic E-state index is -2.59. The van der Waals surface area contributed by atoms with E-state index in [2.05, 4.69) is 20.7 Å². The van der Waals surface area contributed by atoms with E-state index in [1.165, 1.54) is 12.1 Å². The molecule has 9 heteroatoms. The van der Waals surface area contributed by atoms with Gasteiger partial charge in [0.05, 0.1) is 23.1 Å². The minimum Gasteiger partial charge on any atom is -0.381 e. The summed E-state index contributed by atoms with van der Waals surface area (Å²) in [5, 5.41) is 10.3. The van der Waals surface area contributed by atoms with Gasteiger partial charge < -0.3 is 10.6 Å². The van der Waals surface area contributed by atoms with Crippen LogP contribution in [0.1, 0.15) is 41.6 Å². The number of pyridine rings is 1. The van der Waals surface area contributed by atoms with Crippen LogP contribution in [0.2, 0.25) is 0 Å². The van der Waals surface area contributed by atoms with Gasteiger partial charge in [-0.3, -0.25) is 9.78 Å². The number of anilines is 1. The molecule has 1 amide bonds. The summed E-state index contributed by atoms with van der Waals surface area (Å²) in [6.07, 6.45) is 8.13. The Bertz CT molecular complexity index is 1180. The van der Waals surface area contributed by atoms with Gasteiger partial charge >= 0.3 is 0 Å². The van der Waals surface area contributed by atoms with Crippen molar-refractivity contribution in [2.45, 2.75) is 50.6 Å². The van der Waals surface area contributed by atoms with E-state index >= 15 is 0 Å². The zero-order chi connectivity index (χ0) is 22.5. The van der Waals surface area contributed by atoms with E-state index in [1.54, 1.807) is 36.4 Å². The molecule has 0 unspecified atom stereocenters. The quantitative estimate of drug-likeness (QED) is 0.592. The second-order valence-corrected chi connectivity index (χ2v) is 8.61. The highest BCUT2D eigenvalue weighted by Crippen LogP contribution is 2.39. The maximum absolute atomic E-state index is 14.4. The molecular formula is C23H22F3N5O. The molecule has 0 spiro atoms. The van der Waals surface area contributed by atoms with Crippen LogP contribution in [0, 0.1) is 12.7 Å². The smallest absolute Gasteiger partial charge is 0.254 e. The number of halogens is 3. The third kappa shape index (κ3) is 4.19. The SMILES string of the molecule is Cc1cc(F)c(C(=O)NC2CC2)cc1-n1cc(-c2cncc(NC3CC(F)(F)C3)c2)cn1. The summed E-state index contributed by atoms with van der Waals surface area (Å²) in [7, 11) is 0. The van der Waals surface area contributed by atoms with E-state index < -0.39 is 17.6 Å². The number of nitrogens with one attached hydrogen (secondary N) is 2. The summed E-state index contributed by atoms with van der Waals surface area (Å²) in [6.45, 7) is 1.75. The van der Waals surface area contributed by atoms with Crippen molar-refractivity contribution in [1.29, 1.82) is 0 Å². The Hall–Kier alpha value is -3.36. The molecule has 6 nitrogen and oxygen atoms in total. The number of amides is 1. The van der Waals surface area contributed by atoms with E-state index in [4.69, 9.17) is 0 Å². The third-order valence-corrected chi connectivity index (χ3v) is 5.80. The number of hydrogen-bond acceptors (Lipinski definition) is 4. The lowest BCUT2D eigenvalue weighted by Gasteiger charge is -2.35. The Morgan fingerprint density at radius 1 is 1.09 bits per heavy atom. The van der Waals surface area contributed by atoms with E-state index in [1.807, 2.05) is 6.07 Å². The maximum atomic E-state index is 14.4.